The van der Waals surface area contributed by atoms with Crippen molar-refractivity contribution in [1.82, 2.24) is 16.0 Å². The van der Waals surface area contributed by atoms with Gasteiger partial charge < -0.3 is 16.4 Å². The van der Waals surface area contributed by atoms with E-state index in [2.05, 4.69) is 51.9 Å². The number of allylic oxidation sites excluding steroid dienone is 4. The first-order valence-corrected chi connectivity index (χ1v) is 12.2. The Morgan fingerprint density at radius 2 is 2.18 bits per heavy atom. The molecule has 180 valence electrons. The molecule has 4 heterocycles. The van der Waals surface area contributed by atoms with Gasteiger partial charge in [-0.1, -0.05) is 26.3 Å². The highest BCUT2D eigenvalue weighted by molar-refractivity contribution is 5.82. The molecule has 1 saturated heterocycles. The van der Waals surface area contributed by atoms with E-state index in [1.54, 1.807) is 6.08 Å². The lowest BCUT2D eigenvalue weighted by Crippen LogP contribution is -2.67. The molecule has 0 saturated carbocycles. The highest BCUT2D eigenvalue weighted by atomic mass is 19.1. The van der Waals surface area contributed by atoms with Gasteiger partial charge in [0.1, 0.15) is 5.83 Å². The predicted molar refractivity (Wildman–Crippen MR) is 131 cm³/mol. The van der Waals surface area contributed by atoms with E-state index in [9.17, 15) is 9.18 Å². The van der Waals surface area contributed by atoms with Gasteiger partial charge in [0.2, 0.25) is 5.91 Å². The number of nitrogens with zero attached hydrogens (tertiary/aromatic N) is 2. The molecule has 8 unspecified atom stereocenters. The Labute approximate surface area is 196 Å². The molecule has 0 aromatic rings. The third kappa shape index (κ3) is 5.11. The van der Waals surface area contributed by atoms with Crippen LogP contribution in [0.1, 0.15) is 40.0 Å². The second kappa shape index (κ2) is 10.3. The van der Waals surface area contributed by atoms with Crippen LogP contribution in [-0.2, 0) is 4.79 Å². The molecule has 0 aromatic carbocycles. The number of amides is 1. The van der Waals surface area contributed by atoms with Crippen LogP contribution in [0.5, 0.6) is 0 Å². The Morgan fingerprint density at radius 1 is 1.36 bits per heavy atom. The van der Waals surface area contributed by atoms with E-state index in [0.29, 0.717) is 18.9 Å². The summed E-state index contributed by atoms with van der Waals surface area (Å²) >= 11 is 0. The van der Waals surface area contributed by atoms with Crippen LogP contribution in [-0.4, -0.2) is 55.7 Å². The number of hydrogen-bond acceptors (Lipinski definition) is 6. The van der Waals surface area contributed by atoms with Gasteiger partial charge in [0.15, 0.2) is 0 Å². The molecule has 2 bridgehead atoms. The van der Waals surface area contributed by atoms with E-state index in [4.69, 9.17) is 5.73 Å². The Hall–Kier alpha value is -2.32. The van der Waals surface area contributed by atoms with Gasteiger partial charge in [0.25, 0.3) is 0 Å². The fraction of sp³-hybridized carbons (Fsp3) is 0.640. The fourth-order valence-corrected chi connectivity index (χ4v) is 5.69. The van der Waals surface area contributed by atoms with Gasteiger partial charge in [0, 0.05) is 30.1 Å². The average molecular weight is 457 g/mol. The van der Waals surface area contributed by atoms with Crippen molar-refractivity contribution in [2.45, 2.75) is 64.3 Å². The second-order valence-electron chi connectivity index (χ2n) is 9.83. The number of rotatable bonds is 5. The third-order valence-electron chi connectivity index (χ3n) is 7.76. The van der Waals surface area contributed by atoms with Gasteiger partial charge in [-0.2, -0.15) is 0 Å². The number of dihydropyridines is 1. The highest BCUT2D eigenvalue weighted by Gasteiger charge is 2.48. The number of carbonyl (C=O) groups excluding carboxylic acids is 1. The minimum absolute atomic E-state index is 0.00674. The summed E-state index contributed by atoms with van der Waals surface area (Å²) in [4.78, 5) is 22.7. The van der Waals surface area contributed by atoms with Crippen molar-refractivity contribution in [1.29, 1.82) is 0 Å². The molecule has 0 aromatic heterocycles. The zero-order valence-electron chi connectivity index (χ0n) is 19.8. The van der Waals surface area contributed by atoms with Gasteiger partial charge in [-0.15, -0.1) is 0 Å². The van der Waals surface area contributed by atoms with Crippen LogP contribution < -0.4 is 21.7 Å². The lowest BCUT2D eigenvalue weighted by molar-refractivity contribution is -0.130. The summed E-state index contributed by atoms with van der Waals surface area (Å²) in [5, 5.41) is 10.1. The van der Waals surface area contributed by atoms with Gasteiger partial charge in [-0.3, -0.25) is 20.1 Å². The number of hydrogen-bond donors (Lipinski definition) is 4. The maximum absolute atomic E-state index is 14.1. The molecule has 7 nitrogen and oxygen atoms in total. The largest absolute Gasteiger partial charge is 0.385 e. The van der Waals surface area contributed by atoms with Crippen LogP contribution in [0.2, 0.25) is 0 Å². The number of piperidine rings is 1. The van der Waals surface area contributed by atoms with Crippen molar-refractivity contribution in [2.24, 2.45) is 39.4 Å². The van der Waals surface area contributed by atoms with Crippen molar-refractivity contribution < 1.29 is 9.18 Å². The van der Waals surface area contributed by atoms with E-state index in [1.165, 1.54) is 11.8 Å². The molecule has 5 N–H and O–H groups in total. The van der Waals surface area contributed by atoms with Crippen LogP contribution in [0.4, 0.5) is 4.39 Å². The van der Waals surface area contributed by atoms with Crippen molar-refractivity contribution in [2.75, 3.05) is 13.1 Å². The summed E-state index contributed by atoms with van der Waals surface area (Å²) in [5.74, 6) is -0.458. The first kappa shape index (κ1) is 23.8. The lowest BCUT2D eigenvalue weighted by atomic mass is 9.70. The van der Waals surface area contributed by atoms with Gasteiger partial charge in [-0.05, 0) is 49.6 Å². The minimum atomic E-state index is -0.574. The van der Waals surface area contributed by atoms with Crippen molar-refractivity contribution in [3.8, 4) is 0 Å². The summed E-state index contributed by atoms with van der Waals surface area (Å²) in [6.45, 7) is 7.67. The number of fused-ring (bicyclic) bond motifs is 2. The molecule has 1 fully saturated rings. The quantitative estimate of drug-likeness (QED) is 0.509. The molecule has 4 aliphatic heterocycles. The average Bonchev–Trinajstić information content (AvgIpc) is 2.80. The molecule has 0 aliphatic carbocycles. The topological polar surface area (TPSA) is 104 Å². The molecular formula is C25H37FN6O. The van der Waals surface area contributed by atoms with Crippen LogP contribution in [0.25, 0.3) is 0 Å². The Morgan fingerprint density at radius 3 is 2.91 bits per heavy atom. The SMILES string of the molecule is CCC(C)C1C2C/C=C(/F)C=NC1C(C(=O)NC1CN=CCC1C1=CC=C(C)NC1)C(N)N2. The number of halogens is 1. The Balaban J connectivity index is 1.58. The molecule has 0 spiro atoms. The second-order valence-corrected chi connectivity index (χ2v) is 9.83. The third-order valence-corrected chi connectivity index (χ3v) is 7.76. The summed E-state index contributed by atoms with van der Waals surface area (Å²) < 4.78 is 14.1. The first-order chi connectivity index (χ1) is 15.9. The molecule has 1 amide bonds. The van der Waals surface area contributed by atoms with Gasteiger partial charge in [-0.25, -0.2) is 4.39 Å². The molecule has 8 heteroatoms. The lowest BCUT2D eigenvalue weighted by Gasteiger charge is -2.47. The summed E-state index contributed by atoms with van der Waals surface area (Å²) in [6, 6.07) is -0.483. The number of nitrogens with two attached hydrogens (primary N) is 1. The predicted octanol–water partition coefficient (Wildman–Crippen LogP) is 2.23. The number of carbonyl (C=O) groups is 1. The van der Waals surface area contributed by atoms with Crippen LogP contribution in [0.3, 0.4) is 0 Å². The fourth-order valence-electron chi connectivity index (χ4n) is 5.69. The molecule has 4 aliphatic rings. The van der Waals surface area contributed by atoms with Crippen LogP contribution in [0, 0.1) is 23.7 Å². The highest BCUT2D eigenvalue weighted by Crippen LogP contribution is 2.37. The monoisotopic (exact) mass is 456 g/mol. The zero-order chi connectivity index (χ0) is 23.5. The van der Waals surface area contributed by atoms with Crippen LogP contribution >= 0.6 is 0 Å². The summed E-state index contributed by atoms with van der Waals surface area (Å²) in [7, 11) is 0. The number of aliphatic imine (C=N–C) groups is 2. The van der Waals surface area contributed by atoms with E-state index < -0.39 is 12.1 Å². The summed E-state index contributed by atoms with van der Waals surface area (Å²) in [6.07, 6.45) is 10.8. The van der Waals surface area contributed by atoms with E-state index in [0.717, 1.165) is 25.1 Å². The zero-order valence-corrected chi connectivity index (χ0v) is 19.8. The van der Waals surface area contributed by atoms with Crippen molar-refractivity contribution >= 4 is 18.3 Å². The van der Waals surface area contributed by atoms with E-state index in [-0.39, 0.29) is 41.7 Å². The maximum atomic E-state index is 14.1. The molecule has 0 radical (unpaired) electrons. The molecular weight excluding hydrogens is 419 g/mol. The Kier molecular flexibility index (Phi) is 7.44. The standard InChI is InChI=1S/C25H37FN6O/c1-4-14(2)21-19-8-7-17(26)12-30-23(21)22(24(27)31-19)25(33)32-20-13-28-10-9-18(20)16-6-5-15(3)29-11-16/h5-7,10,12,14,18-24,29,31H,4,8-9,11,13,27H2,1-3H3,(H,32,33)/b17-7+,30-12?. The molecule has 8 atom stereocenters. The summed E-state index contributed by atoms with van der Waals surface area (Å²) in [5.41, 5.74) is 8.91. The molecule has 4 rings (SSSR count). The molecule has 33 heavy (non-hydrogen) atoms. The van der Waals surface area contributed by atoms with E-state index >= 15 is 0 Å². The van der Waals surface area contributed by atoms with Crippen molar-refractivity contribution in [3.05, 3.63) is 35.3 Å². The Bertz CT molecular complexity index is 893. The maximum Gasteiger partial charge on any atom is 0.228 e. The van der Waals surface area contributed by atoms with E-state index in [1.807, 2.05) is 13.1 Å². The van der Waals surface area contributed by atoms with Gasteiger partial charge in [0.05, 0.1) is 36.9 Å². The normalized spacial score (nSPS) is 38.6. The van der Waals surface area contributed by atoms with Crippen LogP contribution in [0.15, 0.2) is 45.3 Å². The first-order valence-electron chi connectivity index (χ1n) is 12.2. The minimum Gasteiger partial charge on any atom is -0.385 e. The van der Waals surface area contributed by atoms with Crippen molar-refractivity contribution in [3.63, 3.8) is 0 Å². The number of nitrogens with one attached hydrogen (secondary N) is 3. The van der Waals surface area contributed by atoms with Gasteiger partial charge >= 0.3 is 0 Å². The smallest absolute Gasteiger partial charge is 0.228 e.